The van der Waals surface area contributed by atoms with Crippen molar-refractivity contribution < 1.29 is 14.2 Å². The quantitative estimate of drug-likeness (QED) is 0.751. The minimum absolute atomic E-state index is 0.256. The maximum Gasteiger partial charge on any atom is 0.187 e. The highest BCUT2D eigenvalue weighted by molar-refractivity contribution is 6.32. The fourth-order valence-corrected chi connectivity index (χ4v) is 2.88. The van der Waals surface area contributed by atoms with Crippen molar-refractivity contribution in [2.45, 2.75) is 18.8 Å². The number of ether oxygens (including phenoxy) is 3. The average Bonchev–Trinajstić information content (AvgIpc) is 3.15. The fourth-order valence-electron chi connectivity index (χ4n) is 2.35. The summed E-state index contributed by atoms with van der Waals surface area (Å²) >= 11 is 12.2. The Morgan fingerprint density at radius 2 is 2.04 bits per heavy atom. The number of halogens is 2. The van der Waals surface area contributed by atoms with E-state index in [2.05, 4.69) is 11.1 Å². The first kappa shape index (κ1) is 17.0. The molecule has 1 aromatic heterocycles. The summed E-state index contributed by atoms with van der Waals surface area (Å²) in [5.41, 5.74) is 2.75. The third kappa shape index (κ3) is 3.80. The summed E-state index contributed by atoms with van der Waals surface area (Å²) in [5.74, 6) is 0.858. The highest BCUT2D eigenvalue weighted by Gasteiger charge is 2.24. The Hall–Kier alpha value is -1.84. The molecule has 0 saturated carbocycles. The number of alkyl halides is 1. The van der Waals surface area contributed by atoms with E-state index in [0.29, 0.717) is 29.5 Å². The van der Waals surface area contributed by atoms with Crippen LogP contribution in [-0.2, 0) is 22.0 Å². The van der Waals surface area contributed by atoms with Gasteiger partial charge in [0.2, 0.25) is 0 Å². The molecule has 2 aromatic rings. The van der Waals surface area contributed by atoms with Crippen LogP contribution in [0.2, 0.25) is 5.02 Å². The molecule has 1 aromatic carbocycles. The van der Waals surface area contributed by atoms with Crippen LogP contribution in [0, 0.1) is 11.3 Å². The van der Waals surface area contributed by atoms with Gasteiger partial charge < -0.3 is 14.2 Å². The van der Waals surface area contributed by atoms with Gasteiger partial charge in [-0.1, -0.05) is 11.6 Å². The van der Waals surface area contributed by atoms with Crippen molar-refractivity contribution in [2.75, 3.05) is 13.2 Å². The van der Waals surface area contributed by atoms with Gasteiger partial charge >= 0.3 is 0 Å². The van der Waals surface area contributed by atoms with Gasteiger partial charge in [-0.3, -0.25) is 4.98 Å². The molecule has 124 valence electrons. The zero-order valence-electron chi connectivity index (χ0n) is 12.7. The van der Waals surface area contributed by atoms with Crippen LogP contribution >= 0.6 is 23.2 Å². The molecule has 0 bridgehead atoms. The zero-order valence-corrected chi connectivity index (χ0v) is 14.2. The van der Waals surface area contributed by atoms with Gasteiger partial charge in [-0.25, -0.2) is 0 Å². The molecule has 0 atom stereocenters. The van der Waals surface area contributed by atoms with Crippen molar-refractivity contribution in [1.29, 1.82) is 5.26 Å². The van der Waals surface area contributed by atoms with Crippen LogP contribution in [0.25, 0.3) is 0 Å². The fraction of sp³-hybridized carbons (Fsp3) is 0.294. The van der Waals surface area contributed by atoms with Crippen LogP contribution in [0.5, 0.6) is 5.75 Å². The molecule has 0 radical (unpaired) electrons. The summed E-state index contributed by atoms with van der Waals surface area (Å²) in [6.45, 7) is 1.30. The molecule has 1 aliphatic rings. The first-order valence-corrected chi connectivity index (χ1v) is 8.21. The highest BCUT2D eigenvalue weighted by Crippen LogP contribution is 2.36. The average molecular weight is 365 g/mol. The molecular formula is C17H14Cl2N2O3. The van der Waals surface area contributed by atoms with E-state index in [9.17, 15) is 0 Å². The molecule has 0 spiro atoms. The maximum absolute atomic E-state index is 8.94. The van der Waals surface area contributed by atoms with E-state index >= 15 is 0 Å². The van der Waals surface area contributed by atoms with Gasteiger partial charge in [0.25, 0.3) is 0 Å². The second-order valence-electron chi connectivity index (χ2n) is 5.17. The molecule has 1 saturated heterocycles. The second kappa shape index (κ2) is 7.82. The molecule has 2 heterocycles. The van der Waals surface area contributed by atoms with Gasteiger partial charge in [0, 0.05) is 28.9 Å². The van der Waals surface area contributed by atoms with Gasteiger partial charge in [-0.05, 0) is 23.8 Å². The lowest BCUT2D eigenvalue weighted by molar-refractivity contribution is -0.0458. The summed E-state index contributed by atoms with van der Waals surface area (Å²) in [6, 6.07) is 7.33. The van der Waals surface area contributed by atoms with E-state index < -0.39 is 6.29 Å². The molecule has 0 N–H and O–H groups in total. The Kier molecular flexibility index (Phi) is 5.54. The predicted molar refractivity (Wildman–Crippen MR) is 88.9 cm³/mol. The molecule has 24 heavy (non-hydrogen) atoms. The van der Waals surface area contributed by atoms with Crippen molar-refractivity contribution in [3.05, 3.63) is 57.9 Å². The molecule has 0 aliphatic carbocycles. The van der Waals surface area contributed by atoms with Gasteiger partial charge in [0.1, 0.15) is 18.4 Å². The molecule has 3 rings (SSSR count). The number of nitrogens with zero attached hydrogens (tertiary/aromatic N) is 2. The van der Waals surface area contributed by atoms with E-state index in [1.807, 2.05) is 0 Å². The summed E-state index contributed by atoms with van der Waals surface area (Å²) in [6.07, 6.45) is 2.65. The summed E-state index contributed by atoms with van der Waals surface area (Å²) < 4.78 is 17.0. The largest absolute Gasteiger partial charge is 0.488 e. The first-order chi connectivity index (χ1) is 11.7. The number of rotatable bonds is 5. The lowest BCUT2D eigenvalue weighted by Gasteiger charge is -2.17. The Labute approximate surface area is 149 Å². The lowest BCUT2D eigenvalue weighted by atomic mass is 10.1. The Bertz CT molecular complexity index is 771. The van der Waals surface area contributed by atoms with Gasteiger partial charge in [0.05, 0.1) is 24.3 Å². The lowest BCUT2D eigenvalue weighted by Crippen LogP contribution is -2.05. The topological polar surface area (TPSA) is 64.4 Å². The number of nitriles is 1. The van der Waals surface area contributed by atoms with Crippen LogP contribution in [-0.4, -0.2) is 18.2 Å². The molecule has 0 amide bonds. The summed E-state index contributed by atoms with van der Waals surface area (Å²) in [7, 11) is 0. The smallest absolute Gasteiger partial charge is 0.187 e. The van der Waals surface area contributed by atoms with Crippen LogP contribution in [0.4, 0.5) is 0 Å². The maximum atomic E-state index is 8.94. The third-order valence-electron chi connectivity index (χ3n) is 3.52. The standard InChI is InChI=1S/C17H14Cl2N2O3/c18-6-13-4-16(14(5-15(13)19)17-22-1-2-23-17)24-10-12-3-11(7-20)8-21-9-12/h3-5,8-9,17H,1-2,6,10H2. The SMILES string of the molecule is N#Cc1cncc(COc2cc(CCl)c(Cl)cc2C2OCCO2)c1. The minimum atomic E-state index is -0.509. The van der Waals surface area contributed by atoms with Crippen molar-refractivity contribution in [3.8, 4) is 11.8 Å². The van der Waals surface area contributed by atoms with Gasteiger partial charge in [0.15, 0.2) is 6.29 Å². The van der Waals surface area contributed by atoms with Gasteiger partial charge in [-0.15, -0.1) is 11.6 Å². The van der Waals surface area contributed by atoms with Crippen molar-refractivity contribution >= 4 is 23.2 Å². The highest BCUT2D eigenvalue weighted by atomic mass is 35.5. The predicted octanol–water partition coefficient (Wildman–Crippen LogP) is 3.97. The molecular weight excluding hydrogens is 351 g/mol. The van der Waals surface area contributed by atoms with Gasteiger partial charge in [-0.2, -0.15) is 5.26 Å². The number of aromatic nitrogens is 1. The second-order valence-corrected chi connectivity index (χ2v) is 5.85. The Balaban J connectivity index is 1.86. The number of pyridine rings is 1. The van der Waals surface area contributed by atoms with Crippen molar-refractivity contribution in [3.63, 3.8) is 0 Å². The molecule has 1 fully saturated rings. The van der Waals surface area contributed by atoms with Crippen LogP contribution < -0.4 is 4.74 Å². The minimum Gasteiger partial charge on any atom is -0.488 e. The summed E-state index contributed by atoms with van der Waals surface area (Å²) in [5, 5.41) is 9.48. The van der Waals surface area contributed by atoms with E-state index in [0.717, 1.165) is 16.7 Å². The number of hydrogen-bond acceptors (Lipinski definition) is 5. The van der Waals surface area contributed by atoms with Crippen molar-refractivity contribution in [2.24, 2.45) is 0 Å². The van der Waals surface area contributed by atoms with Crippen molar-refractivity contribution in [1.82, 2.24) is 4.98 Å². The molecule has 1 aliphatic heterocycles. The number of hydrogen-bond donors (Lipinski definition) is 0. The molecule has 7 heteroatoms. The van der Waals surface area contributed by atoms with Crippen LogP contribution in [0.3, 0.4) is 0 Å². The van der Waals surface area contributed by atoms with Crippen LogP contribution in [0.1, 0.15) is 28.5 Å². The summed E-state index contributed by atoms with van der Waals surface area (Å²) in [4.78, 5) is 4.02. The number of benzene rings is 1. The monoisotopic (exact) mass is 364 g/mol. The Morgan fingerprint density at radius 1 is 1.25 bits per heavy atom. The Morgan fingerprint density at radius 3 is 2.75 bits per heavy atom. The molecule has 0 unspecified atom stereocenters. The normalized spacial score (nSPS) is 14.5. The van der Waals surface area contributed by atoms with E-state index in [-0.39, 0.29) is 12.5 Å². The van der Waals surface area contributed by atoms with E-state index in [1.165, 1.54) is 6.20 Å². The first-order valence-electron chi connectivity index (χ1n) is 7.29. The van der Waals surface area contributed by atoms with E-state index in [4.69, 9.17) is 42.7 Å². The zero-order chi connectivity index (χ0) is 16.9. The third-order valence-corrected chi connectivity index (χ3v) is 4.16. The van der Waals surface area contributed by atoms with E-state index in [1.54, 1.807) is 24.4 Å². The molecule has 5 nitrogen and oxygen atoms in total. The van der Waals surface area contributed by atoms with Crippen LogP contribution in [0.15, 0.2) is 30.6 Å².